The van der Waals surface area contributed by atoms with Crippen LogP contribution in [-0.2, 0) is 19.9 Å². The number of amides is 1. The number of carbonyl (C=O) groups is 2. The van der Waals surface area contributed by atoms with Gasteiger partial charge >= 0.3 is 12.1 Å². The molecule has 116 valence electrons. The van der Waals surface area contributed by atoms with Gasteiger partial charge in [0.25, 0.3) is 5.60 Å². The summed E-state index contributed by atoms with van der Waals surface area (Å²) in [4.78, 5) is 23.7. The standard InChI is InChI=1S/C13H14F3NO4/c1-8(18)17(2)10-6-4-9(5-7-10)12(20,11(19)21-3)13(14,15)16/h4-7,20H,1-3H3/t12-/m0/s1. The maximum absolute atomic E-state index is 13.0. The molecule has 0 unspecified atom stereocenters. The normalized spacial score (nSPS) is 14.2. The Bertz CT molecular complexity index is 541. The third-order valence-corrected chi connectivity index (χ3v) is 3.04. The predicted octanol–water partition coefficient (Wildman–Crippen LogP) is 1.59. The average Bonchev–Trinajstić information content (AvgIpc) is 2.43. The molecular weight excluding hydrogens is 291 g/mol. The molecule has 1 amide bonds. The second kappa shape index (κ2) is 5.72. The number of hydrogen-bond donors (Lipinski definition) is 1. The second-order valence-electron chi connectivity index (χ2n) is 4.32. The lowest BCUT2D eigenvalue weighted by Crippen LogP contribution is -2.49. The molecule has 0 aromatic heterocycles. The molecule has 0 radical (unpaired) electrons. The van der Waals surface area contributed by atoms with Gasteiger partial charge in [0, 0.05) is 25.2 Å². The molecular formula is C13H14F3NO4. The number of carbonyl (C=O) groups excluding carboxylic acids is 2. The van der Waals surface area contributed by atoms with Crippen LogP contribution in [0, 0.1) is 0 Å². The molecule has 0 fully saturated rings. The van der Waals surface area contributed by atoms with E-state index < -0.39 is 23.3 Å². The van der Waals surface area contributed by atoms with Crippen LogP contribution in [0.25, 0.3) is 0 Å². The quantitative estimate of drug-likeness (QED) is 0.861. The highest BCUT2D eigenvalue weighted by atomic mass is 19.4. The number of esters is 1. The van der Waals surface area contributed by atoms with Gasteiger partial charge in [-0.15, -0.1) is 0 Å². The fraction of sp³-hybridized carbons (Fsp3) is 0.385. The number of methoxy groups -OCH3 is 1. The van der Waals surface area contributed by atoms with Crippen molar-refractivity contribution in [2.75, 3.05) is 19.1 Å². The van der Waals surface area contributed by atoms with Gasteiger partial charge in [0.2, 0.25) is 5.91 Å². The fourth-order valence-corrected chi connectivity index (χ4v) is 1.65. The van der Waals surface area contributed by atoms with Crippen molar-refractivity contribution in [1.82, 2.24) is 0 Å². The van der Waals surface area contributed by atoms with E-state index in [1.54, 1.807) is 0 Å². The molecule has 0 aliphatic carbocycles. The SMILES string of the molecule is COC(=O)[C@@](O)(c1ccc(N(C)C(C)=O)cc1)C(F)(F)F. The van der Waals surface area contributed by atoms with Crippen molar-refractivity contribution < 1.29 is 32.6 Å². The van der Waals surface area contributed by atoms with Crippen molar-refractivity contribution in [2.45, 2.75) is 18.7 Å². The van der Waals surface area contributed by atoms with E-state index in [0.717, 1.165) is 19.2 Å². The van der Waals surface area contributed by atoms with E-state index in [9.17, 15) is 27.9 Å². The van der Waals surface area contributed by atoms with Gasteiger partial charge in [-0.2, -0.15) is 13.2 Å². The summed E-state index contributed by atoms with van der Waals surface area (Å²) in [6.07, 6.45) is -5.24. The van der Waals surface area contributed by atoms with Crippen LogP contribution in [0.1, 0.15) is 12.5 Å². The Kier molecular flexibility index (Phi) is 4.62. The van der Waals surface area contributed by atoms with Gasteiger partial charge < -0.3 is 14.7 Å². The summed E-state index contributed by atoms with van der Waals surface area (Å²) in [5, 5.41) is 9.75. The Morgan fingerprint density at radius 3 is 2.00 bits per heavy atom. The van der Waals surface area contributed by atoms with E-state index in [0.29, 0.717) is 5.69 Å². The minimum absolute atomic E-state index is 0.318. The van der Waals surface area contributed by atoms with Gasteiger partial charge in [-0.05, 0) is 12.1 Å². The zero-order chi connectivity index (χ0) is 16.4. The Balaban J connectivity index is 3.30. The van der Waals surface area contributed by atoms with E-state index in [4.69, 9.17) is 0 Å². The van der Waals surface area contributed by atoms with Crippen molar-refractivity contribution in [2.24, 2.45) is 0 Å². The molecule has 0 saturated carbocycles. The minimum Gasteiger partial charge on any atom is -0.466 e. The number of ether oxygens (including phenoxy) is 1. The lowest BCUT2D eigenvalue weighted by atomic mass is 9.93. The first-order valence-electron chi connectivity index (χ1n) is 5.78. The van der Waals surface area contributed by atoms with E-state index in [2.05, 4.69) is 4.74 Å². The molecule has 8 heteroatoms. The van der Waals surface area contributed by atoms with Crippen molar-refractivity contribution in [3.63, 3.8) is 0 Å². The van der Waals surface area contributed by atoms with Gasteiger partial charge in [-0.25, -0.2) is 4.79 Å². The van der Waals surface area contributed by atoms with Crippen LogP contribution in [-0.4, -0.2) is 37.3 Å². The first kappa shape index (κ1) is 17.0. The molecule has 1 N–H and O–H groups in total. The largest absolute Gasteiger partial charge is 0.466 e. The number of nitrogens with zero attached hydrogens (tertiary/aromatic N) is 1. The molecule has 1 atom stereocenters. The van der Waals surface area contributed by atoms with Gasteiger partial charge in [0.15, 0.2) is 0 Å². The number of alkyl halides is 3. The molecule has 0 aliphatic rings. The highest BCUT2D eigenvalue weighted by Gasteiger charge is 2.62. The third kappa shape index (κ3) is 2.99. The Morgan fingerprint density at radius 1 is 1.19 bits per heavy atom. The Morgan fingerprint density at radius 2 is 1.67 bits per heavy atom. The van der Waals surface area contributed by atoms with Crippen molar-refractivity contribution in [3.05, 3.63) is 29.8 Å². The molecule has 0 heterocycles. The van der Waals surface area contributed by atoms with E-state index in [1.807, 2.05) is 0 Å². The summed E-state index contributed by atoms with van der Waals surface area (Å²) < 4.78 is 43.0. The van der Waals surface area contributed by atoms with Crippen molar-refractivity contribution in [1.29, 1.82) is 0 Å². The summed E-state index contributed by atoms with van der Waals surface area (Å²) in [7, 11) is 2.19. The van der Waals surface area contributed by atoms with Crippen LogP contribution in [0.15, 0.2) is 24.3 Å². The average molecular weight is 305 g/mol. The van der Waals surface area contributed by atoms with Gasteiger partial charge in [-0.1, -0.05) is 12.1 Å². The number of aliphatic hydroxyl groups is 1. The molecule has 0 bridgehead atoms. The van der Waals surface area contributed by atoms with Gasteiger partial charge in [0.05, 0.1) is 7.11 Å². The van der Waals surface area contributed by atoms with Crippen LogP contribution < -0.4 is 4.90 Å². The molecule has 1 rings (SSSR count). The van der Waals surface area contributed by atoms with Crippen LogP contribution in [0.4, 0.5) is 18.9 Å². The molecule has 5 nitrogen and oxygen atoms in total. The maximum Gasteiger partial charge on any atom is 0.432 e. The number of hydrogen-bond acceptors (Lipinski definition) is 4. The third-order valence-electron chi connectivity index (χ3n) is 3.04. The lowest BCUT2D eigenvalue weighted by Gasteiger charge is -2.28. The minimum atomic E-state index is -5.24. The Labute approximate surface area is 118 Å². The summed E-state index contributed by atoms with van der Waals surface area (Å²) >= 11 is 0. The molecule has 0 saturated heterocycles. The van der Waals surface area contributed by atoms with E-state index in [1.165, 1.54) is 31.0 Å². The molecule has 21 heavy (non-hydrogen) atoms. The zero-order valence-corrected chi connectivity index (χ0v) is 11.6. The number of rotatable bonds is 3. The molecule has 0 spiro atoms. The summed E-state index contributed by atoms with van der Waals surface area (Å²) in [5.41, 5.74) is -4.13. The summed E-state index contributed by atoms with van der Waals surface area (Å²) in [6.45, 7) is 1.29. The summed E-state index contributed by atoms with van der Waals surface area (Å²) in [6, 6.07) is 4.21. The van der Waals surface area contributed by atoms with E-state index >= 15 is 0 Å². The monoisotopic (exact) mass is 305 g/mol. The Hall–Kier alpha value is -2.09. The van der Waals surface area contributed by atoms with Crippen LogP contribution in [0.3, 0.4) is 0 Å². The number of anilines is 1. The van der Waals surface area contributed by atoms with Crippen LogP contribution >= 0.6 is 0 Å². The highest BCUT2D eigenvalue weighted by Crippen LogP contribution is 2.40. The molecule has 1 aromatic rings. The van der Waals surface area contributed by atoms with Crippen LogP contribution in [0.5, 0.6) is 0 Å². The first-order chi connectivity index (χ1) is 9.55. The smallest absolute Gasteiger partial charge is 0.432 e. The van der Waals surface area contributed by atoms with E-state index in [-0.39, 0.29) is 5.91 Å². The number of benzene rings is 1. The lowest BCUT2D eigenvalue weighted by molar-refractivity contribution is -0.266. The predicted molar refractivity (Wildman–Crippen MR) is 67.5 cm³/mol. The second-order valence-corrected chi connectivity index (χ2v) is 4.32. The zero-order valence-electron chi connectivity index (χ0n) is 11.6. The molecule has 1 aromatic carbocycles. The van der Waals surface area contributed by atoms with Crippen LogP contribution in [0.2, 0.25) is 0 Å². The van der Waals surface area contributed by atoms with Gasteiger partial charge in [0.1, 0.15) is 0 Å². The highest BCUT2D eigenvalue weighted by molar-refractivity contribution is 5.91. The maximum atomic E-state index is 13.0. The topological polar surface area (TPSA) is 66.8 Å². The van der Waals surface area contributed by atoms with Gasteiger partial charge in [-0.3, -0.25) is 4.79 Å². The first-order valence-corrected chi connectivity index (χ1v) is 5.78. The molecule has 0 aliphatic heterocycles. The van der Waals surface area contributed by atoms with Crippen molar-refractivity contribution >= 4 is 17.6 Å². The fourth-order valence-electron chi connectivity index (χ4n) is 1.65. The number of halogens is 3. The summed E-state index contributed by atoms with van der Waals surface area (Å²) in [5.74, 6) is -2.15. The van der Waals surface area contributed by atoms with Crippen molar-refractivity contribution in [3.8, 4) is 0 Å².